The molecule has 0 saturated heterocycles. The van der Waals surface area contributed by atoms with Crippen LogP contribution in [-0.2, 0) is 16.8 Å². The Kier molecular flexibility index (Phi) is 8.81. The fourth-order valence-electron chi connectivity index (χ4n) is 3.41. The number of amides is 3. The lowest BCUT2D eigenvalue weighted by Gasteiger charge is -2.22. The first-order chi connectivity index (χ1) is 16.6. The summed E-state index contributed by atoms with van der Waals surface area (Å²) in [6.07, 6.45) is 0.724. The summed E-state index contributed by atoms with van der Waals surface area (Å²) in [7, 11) is 0. The second-order valence-electron chi connectivity index (χ2n) is 9.29. The number of nitrogens with one attached hydrogen (secondary N) is 2. The zero-order chi connectivity index (χ0) is 25.6. The summed E-state index contributed by atoms with van der Waals surface area (Å²) >= 11 is 12.3. The third kappa shape index (κ3) is 7.23. The fraction of sp³-hybridized carbons (Fsp3) is 0.346. The predicted octanol–water partition coefficient (Wildman–Crippen LogP) is 6.04. The Bertz CT molecular complexity index is 1170. The monoisotopic (exact) mass is 515 g/mol. The first-order valence-electron chi connectivity index (χ1n) is 11.5. The van der Waals surface area contributed by atoms with Crippen molar-refractivity contribution in [2.24, 2.45) is 0 Å². The Morgan fingerprint density at radius 1 is 1.03 bits per heavy atom. The topological polar surface area (TPSA) is 79.3 Å². The number of nitrogens with zero attached hydrogens (tertiary/aromatic N) is 3. The normalized spacial score (nSPS) is 11.3. The molecule has 2 N–H and O–H groups in total. The van der Waals surface area contributed by atoms with E-state index in [9.17, 15) is 9.59 Å². The van der Waals surface area contributed by atoms with Gasteiger partial charge in [0.15, 0.2) is 0 Å². The SMILES string of the molecule is CCCN(CC(=O)Nc1cc(C(C)(C)C)nn1-c1ccc(Cl)c(Cl)c1)C(=O)NCc1ccccc1. The largest absolute Gasteiger partial charge is 0.334 e. The highest BCUT2D eigenvalue weighted by atomic mass is 35.5. The fourth-order valence-corrected chi connectivity index (χ4v) is 3.71. The van der Waals surface area contributed by atoms with Crippen LogP contribution in [0.15, 0.2) is 54.6 Å². The summed E-state index contributed by atoms with van der Waals surface area (Å²) in [4.78, 5) is 27.3. The Labute approximate surface area is 216 Å². The summed E-state index contributed by atoms with van der Waals surface area (Å²) in [5.41, 5.74) is 2.20. The van der Waals surface area contributed by atoms with E-state index in [-0.39, 0.29) is 23.9 Å². The average molecular weight is 516 g/mol. The second-order valence-corrected chi connectivity index (χ2v) is 10.1. The molecule has 0 aliphatic carbocycles. The molecule has 35 heavy (non-hydrogen) atoms. The number of carbonyl (C=O) groups excluding carboxylic acids is 2. The highest BCUT2D eigenvalue weighted by molar-refractivity contribution is 6.42. The van der Waals surface area contributed by atoms with Gasteiger partial charge in [-0.1, -0.05) is 81.2 Å². The Morgan fingerprint density at radius 3 is 2.37 bits per heavy atom. The first kappa shape index (κ1) is 26.6. The van der Waals surface area contributed by atoms with Crippen LogP contribution in [0.4, 0.5) is 10.6 Å². The molecule has 0 spiro atoms. The maximum Gasteiger partial charge on any atom is 0.318 e. The van der Waals surface area contributed by atoms with Crippen molar-refractivity contribution in [1.82, 2.24) is 20.0 Å². The lowest BCUT2D eigenvalue weighted by atomic mass is 9.92. The second kappa shape index (κ2) is 11.6. The van der Waals surface area contributed by atoms with Crippen LogP contribution in [0.2, 0.25) is 10.0 Å². The summed E-state index contributed by atoms with van der Waals surface area (Å²) in [6.45, 7) is 8.84. The minimum atomic E-state index is -0.324. The van der Waals surface area contributed by atoms with Gasteiger partial charge in [-0.05, 0) is 30.2 Å². The smallest absolute Gasteiger partial charge is 0.318 e. The number of rotatable bonds is 8. The number of hydrogen-bond acceptors (Lipinski definition) is 3. The molecule has 186 valence electrons. The number of hydrogen-bond donors (Lipinski definition) is 2. The summed E-state index contributed by atoms with van der Waals surface area (Å²) < 4.78 is 1.63. The molecule has 0 bridgehead atoms. The number of aromatic nitrogens is 2. The minimum Gasteiger partial charge on any atom is -0.334 e. The molecule has 0 aliphatic rings. The highest BCUT2D eigenvalue weighted by Crippen LogP contribution is 2.29. The van der Waals surface area contributed by atoms with Crippen LogP contribution in [0.25, 0.3) is 5.69 Å². The molecule has 7 nitrogen and oxygen atoms in total. The van der Waals surface area contributed by atoms with E-state index >= 15 is 0 Å². The predicted molar refractivity (Wildman–Crippen MR) is 141 cm³/mol. The molecule has 9 heteroatoms. The summed E-state index contributed by atoms with van der Waals surface area (Å²) in [6, 6.07) is 16.3. The van der Waals surface area contributed by atoms with E-state index in [2.05, 4.69) is 10.6 Å². The van der Waals surface area contributed by atoms with Gasteiger partial charge in [0.2, 0.25) is 5.91 Å². The van der Waals surface area contributed by atoms with Gasteiger partial charge in [-0.15, -0.1) is 0 Å². The molecule has 0 saturated carbocycles. The molecular formula is C26H31Cl2N5O2. The Balaban J connectivity index is 1.77. The maximum atomic E-state index is 13.0. The van der Waals surface area contributed by atoms with Gasteiger partial charge in [0.1, 0.15) is 12.4 Å². The standard InChI is InChI=1S/C26H31Cl2N5O2/c1-5-13-32(25(35)29-16-18-9-7-6-8-10-18)17-24(34)30-23-15-22(26(2,3)4)31-33(23)19-11-12-20(27)21(28)14-19/h6-12,14-15H,5,13,16-17H2,1-4H3,(H,29,35)(H,30,34). The maximum absolute atomic E-state index is 13.0. The van der Waals surface area contributed by atoms with E-state index < -0.39 is 0 Å². The van der Waals surface area contributed by atoms with Gasteiger partial charge in [-0.25, -0.2) is 9.48 Å². The molecule has 1 heterocycles. The third-order valence-electron chi connectivity index (χ3n) is 5.29. The zero-order valence-electron chi connectivity index (χ0n) is 20.4. The van der Waals surface area contributed by atoms with Gasteiger partial charge >= 0.3 is 6.03 Å². The van der Waals surface area contributed by atoms with Crippen LogP contribution >= 0.6 is 23.2 Å². The van der Waals surface area contributed by atoms with Gasteiger partial charge in [-0.2, -0.15) is 5.10 Å². The molecule has 2 aromatic carbocycles. The van der Waals surface area contributed by atoms with Gasteiger partial charge < -0.3 is 15.5 Å². The molecule has 3 rings (SSSR count). The van der Waals surface area contributed by atoms with Crippen molar-refractivity contribution in [2.75, 3.05) is 18.4 Å². The van der Waals surface area contributed by atoms with Crippen molar-refractivity contribution in [2.45, 2.75) is 46.1 Å². The number of carbonyl (C=O) groups is 2. The van der Waals surface area contributed by atoms with Crippen molar-refractivity contribution < 1.29 is 9.59 Å². The molecule has 3 amide bonds. The minimum absolute atomic E-state index is 0.0914. The average Bonchev–Trinajstić information content (AvgIpc) is 3.24. The Morgan fingerprint density at radius 2 is 1.74 bits per heavy atom. The molecule has 0 fully saturated rings. The van der Waals surface area contributed by atoms with E-state index in [0.717, 1.165) is 17.7 Å². The van der Waals surface area contributed by atoms with Crippen molar-refractivity contribution in [1.29, 1.82) is 0 Å². The van der Waals surface area contributed by atoms with E-state index in [1.165, 1.54) is 4.90 Å². The van der Waals surface area contributed by atoms with Crippen LogP contribution in [0.5, 0.6) is 0 Å². The van der Waals surface area contributed by atoms with Gasteiger partial charge in [0.25, 0.3) is 0 Å². The van der Waals surface area contributed by atoms with Crippen LogP contribution in [-0.4, -0.2) is 39.7 Å². The van der Waals surface area contributed by atoms with Gasteiger partial charge in [-0.3, -0.25) is 4.79 Å². The summed E-state index contributed by atoms with van der Waals surface area (Å²) in [5, 5.41) is 11.3. The van der Waals surface area contributed by atoms with Gasteiger partial charge in [0, 0.05) is 24.6 Å². The number of halogens is 2. The van der Waals surface area contributed by atoms with Crippen LogP contribution in [0, 0.1) is 0 Å². The number of anilines is 1. The van der Waals surface area contributed by atoms with E-state index in [1.54, 1.807) is 22.9 Å². The quantitative estimate of drug-likeness (QED) is 0.383. The molecule has 0 radical (unpaired) electrons. The van der Waals surface area contributed by atoms with Crippen molar-refractivity contribution >= 4 is 41.0 Å². The van der Waals surface area contributed by atoms with Crippen LogP contribution in [0.1, 0.15) is 45.4 Å². The summed E-state index contributed by atoms with van der Waals surface area (Å²) in [5.74, 6) is 0.162. The van der Waals surface area contributed by atoms with Crippen molar-refractivity contribution in [3.63, 3.8) is 0 Å². The lowest BCUT2D eigenvalue weighted by molar-refractivity contribution is -0.116. The molecular weight excluding hydrogens is 485 g/mol. The van der Waals surface area contributed by atoms with E-state index in [1.807, 2.05) is 64.1 Å². The molecule has 0 atom stereocenters. The van der Waals surface area contributed by atoms with Crippen molar-refractivity contribution in [3.05, 3.63) is 75.9 Å². The van der Waals surface area contributed by atoms with Gasteiger partial charge in [0.05, 0.1) is 21.4 Å². The Hall–Kier alpha value is -3.03. The number of benzene rings is 2. The lowest BCUT2D eigenvalue weighted by Crippen LogP contribution is -2.44. The molecule has 0 unspecified atom stereocenters. The van der Waals surface area contributed by atoms with Crippen LogP contribution < -0.4 is 10.6 Å². The zero-order valence-corrected chi connectivity index (χ0v) is 22.0. The third-order valence-corrected chi connectivity index (χ3v) is 6.03. The molecule has 0 aliphatic heterocycles. The highest BCUT2D eigenvalue weighted by Gasteiger charge is 2.23. The molecule has 1 aromatic heterocycles. The van der Waals surface area contributed by atoms with Crippen molar-refractivity contribution in [3.8, 4) is 5.69 Å². The van der Waals surface area contributed by atoms with Crippen LogP contribution in [0.3, 0.4) is 0 Å². The number of urea groups is 1. The first-order valence-corrected chi connectivity index (χ1v) is 12.3. The van der Waals surface area contributed by atoms with E-state index in [4.69, 9.17) is 28.3 Å². The molecule has 3 aromatic rings. The van der Waals surface area contributed by atoms with E-state index in [0.29, 0.717) is 34.6 Å².